The lowest BCUT2D eigenvalue weighted by Crippen LogP contribution is -2.50. The summed E-state index contributed by atoms with van der Waals surface area (Å²) >= 11 is 0. The Morgan fingerprint density at radius 1 is 0.925 bits per heavy atom. The average molecular weight is 534 g/mol. The first-order valence-corrected chi connectivity index (χ1v) is 14.1. The summed E-state index contributed by atoms with van der Waals surface area (Å²) in [6, 6.07) is 19.2. The van der Waals surface area contributed by atoms with Crippen molar-refractivity contribution in [1.82, 2.24) is 9.88 Å². The van der Waals surface area contributed by atoms with E-state index < -0.39 is 11.1 Å². The number of rotatable bonds is 4. The van der Waals surface area contributed by atoms with Crippen molar-refractivity contribution in [2.45, 2.75) is 62.4 Å². The first kappa shape index (κ1) is 24.7. The standard InChI is InChI=1S/C32H31N5O3/c38-26(20-37-29(39)27(21-9-4-3-5-10-21)36-32(37)14-6-1-2-7-15-32)34-24-13-12-22-18-31(19-23(22)17-24)25-11-8-16-33-28(25)35-30(31)40/h3-5,8-13,16-17H,1-2,6-7,14-15,18-20H2,(H,34,38)(H,33,35,40). The van der Waals surface area contributed by atoms with Gasteiger partial charge in [0.05, 0.1) is 5.41 Å². The van der Waals surface area contributed by atoms with E-state index in [1.807, 2.05) is 60.7 Å². The third-order valence-corrected chi connectivity index (χ3v) is 8.99. The van der Waals surface area contributed by atoms with Crippen LogP contribution in [-0.2, 0) is 32.6 Å². The Morgan fingerprint density at radius 3 is 2.50 bits per heavy atom. The van der Waals surface area contributed by atoms with Gasteiger partial charge in [0.15, 0.2) is 0 Å². The van der Waals surface area contributed by atoms with Gasteiger partial charge in [-0.05, 0) is 67.9 Å². The number of fused-ring (bicyclic) bond motifs is 3. The largest absolute Gasteiger partial charge is 0.325 e. The number of benzene rings is 2. The molecule has 0 radical (unpaired) electrons. The molecule has 2 N–H and O–H groups in total. The summed E-state index contributed by atoms with van der Waals surface area (Å²) in [5.41, 5.74) is 3.64. The highest BCUT2D eigenvalue weighted by Gasteiger charge is 2.51. The molecule has 2 spiro atoms. The van der Waals surface area contributed by atoms with E-state index in [0.717, 1.165) is 60.8 Å². The van der Waals surface area contributed by atoms with Gasteiger partial charge in [-0.25, -0.2) is 4.98 Å². The highest BCUT2D eigenvalue weighted by Crippen LogP contribution is 2.47. The molecule has 4 aliphatic rings. The summed E-state index contributed by atoms with van der Waals surface area (Å²) in [5, 5.41) is 5.96. The molecule has 8 nitrogen and oxygen atoms in total. The van der Waals surface area contributed by atoms with Gasteiger partial charge in [-0.3, -0.25) is 19.4 Å². The average Bonchev–Trinajstić information content (AvgIpc) is 3.48. The number of aromatic nitrogens is 1. The number of anilines is 2. The number of amides is 3. The molecule has 202 valence electrons. The van der Waals surface area contributed by atoms with Gasteiger partial charge in [0.1, 0.15) is 23.7 Å². The molecular weight excluding hydrogens is 502 g/mol. The fraction of sp³-hybridized carbons (Fsp3) is 0.344. The number of hydrogen-bond acceptors (Lipinski definition) is 5. The van der Waals surface area contributed by atoms with Crippen molar-refractivity contribution in [2.24, 2.45) is 4.99 Å². The van der Waals surface area contributed by atoms with Crippen molar-refractivity contribution in [2.75, 3.05) is 17.2 Å². The van der Waals surface area contributed by atoms with Gasteiger partial charge in [0.25, 0.3) is 5.91 Å². The van der Waals surface area contributed by atoms with Gasteiger partial charge in [-0.15, -0.1) is 0 Å². The van der Waals surface area contributed by atoms with Crippen LogP contribution in [0.25, 0.3) is 0 Å². The second kappa shape index (κ2) is 9.40. The van der Waals surface area contributed by atoms with E-state index in [2.05, 4.69) is 15.6 Å². The van der Waals surface area contributed by atoms with Crippen LogP contribution in [0.4, 0.5) is 11.5 Å². The van der Waals surface area contributed by atoms with Gasteiger partial charge >= 0.3 is 0 Å². The third kappa shape index (κ3) is 3.93. The second-order valence-electron chi connectivity index (χ2n) is 11.4. The number of nitrogens with zero attached hydrogens (tertiary/aromatic N) is 3. The predicted molar refractivity (Wildman–Crippen MR) is 152 cm³/mol. The molecule has 3 heterocycles. The highest BCUT2D eigenvalue weighted by molar-refractivity contribution is 6.47. The molecule has 8 heteroatoms. The number of carbonyl (C=O) groups excluding carboxylic acids is 3. The lowest BCUT2D eigenvalue weighted by atomic mass is 9.79. The molecule has 2 aliphatic heterocycles. The summed E-state index contributed by atoms with van der Waals surface area (Å²) in [6.45, 7) is -0.0544. The van der Waals surface area contributed by atoms with Gasteiger partial charge in [-0.2, -0.15) is 0 Å². The molecule has 1 atom stereocenters. The number of hydrogen-bond donors (Lipinski definition) is 2. The Labute approximate surface area is 232 Å². The van der Waals surface area contributed by atoms with Crippen LogP contribution in [0.15, 0.2) is 71.9 Å². The highest BCUT2D eigenvalue weighted by atomic mass is 16.2. The van der Waals surface area contributed by atoms with E-state index in [9.17, 15) is 14.4 Å². The van der Waals surface area contributed by atoms with Gasteiger partial charge < -0.3 is 15.5 Å². The minimum Gasteiger partial charge on any atom is -0.325 e. The summed E-state index contributed by atoms with van der Waals surface area (Å²) in [5.74, 6) is 0.174. The molecule has 7 rings (SSSR count). The monoisotopic (exact) mass is 533 g/mol. The number of nitrogens with one attached hydrogen (secondary N) is 2. The molecule has 0 saturated heterocycles. The normalized spacial score (nSPS) is 22.6. The molecule has 3 aromatic rings. The van der Waals surface area contributed by atoms with E-state index in [4.69, 9.17) is 4.99 Å². The fourth-order valence-corrected chi connectivity index (χ4v) is 7.00. The Bertz CT molecular complexity index is 1560. The van der Waals surface area contributed by atoms with Crippen molar-refractivity contribution in [1.29, 1.82) is 0 Å². The van der Waals surface area contributed by atoms with E-state index >= 15 is 0 Å². The van der Waals surface area contributed by atoms with Crippen molar-refractivity contribution in [3.8, 4) is 0 Å². The summed E-state index contributed by atoms with van der Waals surface area (Å²) < 4.78 is 0. The molecule has 40 heavy (non-hydrogen) atoms. The smallest absolute Gasteiger partial charge is 0.275 e. The quantitative estimate of drug-likeness (QED) is 0.519. The zero-order valence-electron chi connectivity index (χ0n) is 22.3. The van der Waals surface area contributed by atoms with Crippen molar-refractivity contribution >= 4 is 34.9 Å². The molecular formula is C32H31N5O3. The Hall–Kier alpha value is -4.33. The predicted octanol–water partition coefficient (Wildman–Crippen LogP) is 4.39. The molecule has 3 amide bonds. The zero-order valence-corrected chi connectivity index (χ0v) is 22.3. The molecule has 0 bridgehead atoms. The van der Waals surface area contributed by atoms with Crippen molar-refractivity contribution in [3.05, 3.63) is 89.1 Å². The van der Waals surface area contributed by atoms with Crippen LogP contribution < -0.4 is 10.6 Å². The first-order chi connectivity index (χ1) is 19.5. The van der Waals surface area contributed by atoms with E-state index in [-0.39, 0.29) is 24.3 Å². The Balaban J connectivity index is 1.11. The molecule has 1 saturated carbocycles. The maximum absolute atomic E-state index is 13.7. The number of carbonyl (C=O) groups is 3. The molecule has 2 aliphatic carbocycles. The van der Waals surface area contributed by atoms with Crippen LogP contribution in [0.1, 0.15) is 60.8 Å². The first-order valence-electron chi connectivity index (χ1n) is 14.1. The zero-order chi connectivity index (χ0) is 27.3. The van der Waals surface area contributed by atoms with E-state index in [1.54, 1.807) is 11.1 Å². The molecule has 2 aromatic carbocycles. The minimum atomic E-state index is -0.669. The van der Waals surface area contributed by atoms with Gasteiger partial charge in [0.2, 0.25) is 11.8 Å². The van der Waals surface area contributed by atoms with Crippen LogP contribution in [0, 0.1) is 0 Å². The lowest BCUT2D eigenvalue weighted by molar-refractivity contribution is -0.133. The van der Waals surface area contributed by atoms with Crippen LogP contribution in [0.3, 0.4) is 0 Å². The fourth-order valence-electron chi connectivity index (χ4n) is 7.00. The number of aliphatic imine (C=N–C) groups is 1. The second-order valence-corrected chi connectivity index (χ2v) is 11.4. The molecule has 1 unspecified atom stereocenters. The Kier molecular flexibility index (Phi) is 5.80. The van der Waals surface area contributed by atoms with Gasteiger partial charge in [-0.1, -0.05) is 55.3 Å². The topological polar surface area (TPSA) is 104 Å². The van der Waals surface area contributed by atoms with Crippen LogP contribution in [-0.4, -0.2) is 45.5 Å². The van der Waals surface area contributed by atoms with E-state index in [0.29, 0.717) is 30.1 Å². The minimum absolute atomic E-state index is 0.0292. The maximum atomic E-state index is 13.7. The van der Waals surface area contributed by atoms with Crippen LogP contribution in [0.5, 0.6) is 0 Å². The lowest BCUT2D eigenvalue weighted by Gasteiger charge is -2.35. The third-order valence-electron chi connectivity index (χ3n) is 8.99. The van der Waals surface area contributed by atoms with Crippen molar-refractivity contribution in [3.63, 3.8) is 0 Å². The summed E-state index contributed by atoms with van der Waals surface area (Å²) in [4.78, 5) is 51.2. The molecule has 1 fully saturated rings. The summed E-state index contributed by atoms with van der Waals surface area (Å²) in [6.07, 6.45) is 8.56. The van der Waals surface area contributed by atoms with Crippen LogP contribution in [0.2, 0.25) is 0 Å². The van der Waals surface area contributed by atoms with Crippen molar-refractivity contribution < 1.29 is 14.4 Å². The van der Waals surface area contributed by atoms with Crippen LogP contribution >= 0.6 is 0 Å². The Morgan fingerprint density at radius 2 is 1.70 bits per heavy atom. The maximum Gasteiger partial charge on any atom is 0.275 e. The number of pyridine rings is 1. The molecule has 1 aromatic heterocycles. The summed E-state index contributed by atoms with van der Waals surface area (Å²) in [7, 11) is 0. The van der Waals surface area contributed by atoms with E-state index in [1.165, 1.54) is 0 Å². The van der Waals surface area contributed by atoms with Gasteiger partial charge in [0, 0.05) is 23.0 Å². The SMILES string of the molecule is O=C(CN1C(=O)C(c2ccccc2)=NC12CCCCCC2)Nc1ccc2c(c1)CC1(C2)C(=O)Nc2ncccc21.